The molecule has 19 heteroatoms. The highest BCUT2D eigenvalue weighted by atomic mass is 127. The van der Waals surface area contributed by atoms with Crippen LogP contribution in [-0.2, 0) is 34.0 Å². The summed E-state index contributed by atoms with van der Waals surface area (Å²) in [4.78, 5) is 25.3. The molecule has 0 spiro atoms. The van der Waals surface area contributed by atoms with Crippen molar-refractivity contribution < 1.29 is 66.6 Å². The van der Waals surface area contributed by atoms with Gasteiger partial charge in [-0.25, -0.2) is 26.7 Å². The number of esters is 2. The van der Waals surface area contributed by atoms with E-state index in [-0.39, 0.29) is 19.3 Å². The van der Waals surface area contributed by atoms with Crippen molar-refractivity contribution in [2.45, 2.75) is 28.8 Å². The smallest absolute Gasteiger partial charge is 0.344 e. The molecule has 6 unspecified atom stereocenters. The topological polar surface area (TPSA) is 150 Å². The molecule has 1 saturated heterocycles. The minimum Gasteiger partial charge on any atom is -0.455 e. The van der Waals surface area contributed by atoms with Crippen molar-refractivity contribution in [1.29, 1.82) is 0 Å². The van der Waals surface area contributed by atoms with Crippen molar-refractivity contribution in [3.05, 3.63) is 53.9 Å². The van der Waals surface area contributed by atoms with Crippen LogP contribution in [0.5, 0.6) is 5.75 Å². The molecule has 0 aromatic heterocycles. The number of hydrogen-bond donors (Lipinski definition) is 1. The zero-order chi connectivity index (χ0) is 29.6. The second kappa shape index (κ2) is 9.95. The third-order valence-corrected chi connectivity index (χ3v) is 12.1. The van der Waals surface area contributed by atoms with Gasteiger partial charge < -0.3 is 9.47 Å². The Morgan fingerprint density at radius 3 is 2.00 bits per heavy atom. The molecule has 1 aliphatic heterocycles. The van der Waals surface area contributed by atoms with Crippen molar-refractivity contribution >= 4 is 77.4 Å². The lowest BCUT2D eigenvalue weighted by Gasteiger charge is -2.30. The van der Waals surface area contributed by atoms with Gasteiger partial charge in [-0.1, -0.05) is 0 Å². The Kier molecular flexibility index (Phi) is 7.41. The third-order valence-electron chi connectivity index (χ3n) is 6.91. The highest BCUT2D eigenvalue weighted by Crippen LogP contribution is 2.59. The van der Waals surface area contributed by atoms with E-state index in [4.69, 9.17) is 13.7 Å². The summed E-state index contributed by atoms with van der Waals surface area (Å²) in [7, 11) is -9.09. The maximum atomic E-state index is 14.2. The Hall–Kier alpha value is -1.69. The Morgan fingerprint density at radius 2 is 1.48 bits per heavy atom. The summed E-state index contributed by atoms with van der Waals surface area (Å²) in [5.41, 5.74) is -1.90. The van der Waals surface area contributed by atoms with Crippen molar-refractivity contribution in [1.82, 2.24) is 0 Å². The number of carbonyl (C=O) groups excluding carboxylic acids is 2. The number of fused-ring (bicyclic) bond motifs is 1. The second-order valence-corrected chi connectivity index (χ2v) is 14.4. The molecule has 40 heavy (non-hydrogen) atoms. The molecule has 3 aliphatic rings. The highest BCUT2D eigenvalue weighted by molar-refractivity contribution is 14.1. The molecule has 1 heterocycles. The van der Waals surface area contributed by atoms with Gasteiger partial charge in [-0.15, -0.1) is 0 Å². The first-order valence-electron chi connectivity index (χ1n) is 10.8. The van der Waals surface area contributed by atoms with E-state index >= 15 is 0 Å². The van der Waals surface area contributed by atoms with E-state index in [1.165, 1.54) is 0 Å². The number of benzene rings is 2. The molecule has 10 nitrogen and oxygen atoms in total. The van der Waals surface area contributed by atoms with Gasteiger partial charge >= 0.3 is 11.9 Å². The minimum absolute atomic E-state index is 0.0331. The van der Waals surface area contributed by atoms with Crippen molar-refractivity contribution in [2.24, 2.45) is 17.8 Å². The first-order valence-corrected chi connectivity index (χ1v) is 15.8. The fourth-order valence-electron chi connectivity index (χ4n) is 5.45. The van der Waals surface area contributed by atoms with E-state index < -0.39 is 107 Å². The molecular formula is C21H11F5I2O10S2. The van der Waals surface area contributed by atoms with E-state index in [1.54, 1.807) is 45.2 Å². The summed E-state index contributed by atoms with van der Waals surface area (Å²) in [6.45, 7) is 0. The van der Waals surface area contributed by atoms with Crippen LogP contribution in [0.15, 0.2) is 17.0 Å². The summed E-state index contributed by atoms with van der Waals surface area (Å²) >= 11 is 3.12. The Balaban J connectivity index is 1.46. The Labute approximate surface area is 248 Å². The van der Waals surface area contributed by atoms with Gasteiger partial charge in [-0.3, -0.25) is 13.5 Å². The van der Waals surface area contributed by atoms with Crippen LogP contribution < -0.4 is 4.74 Å². The van der Waals surface area contributed by atoms with Gasteiger partial charge in [0.05, 0.1) is 5.92 Å². The molecule has 2 aromatic carbocycles. The average molecular weight is 836 g/mol. The molecule has 2 saturated carbocycles. The van der Waals surface area contributed by atoms with Crippen LogP contribution >= 0.6 is 45.2 Å². The molecular weight excluding hydrogens is 825 g/mol. The fourth-order valence-corrected chi connectivity index (χ4v) is 11.5. The summed E-state index contributed by atoms with van der Waals surface area (Å²) in [5.74, 6) is -19.2. The summed E-state index contributed by atoms with van der Waals surface area (Å²) < 4.78 is 142. The SMILES string of the molecule is O=C(OC1C2CC3C1OS(=O)(=O)C3C2C(=O)Oc1cc(I)c(S(=O)(=O)O)c(I)c1)c1c(F)c(F)c(F)c(F)c1F. The van der Waals surface area contributed by atoms with E-state index in [2.05, 4.69) is 0 Å². The molecule has 5 rings (SSSR count). The average Bonchev–Trinajstić information content (AvgIpc) is 3.43. The minimum atomic E-state index is -4.63. The molecule has 0 radical (unpaired) electrons. The number of hydrogen-bond acceptors (Lipinski definition) is 9. The predicted octanol–water partition coefficient (Wildman–Crippen LogP) is 3.33. The standard InChI is InChI=1S/C21H11F5I2O10S2/c22-11-10(12(23)14(25)15(26)13(11)24)21(30)37-16-5-3-6-17(16)38-40(34,35)18(6)9(5)20(29)36-4-1-7(27)19(8(28)2-4)39(31,32)33/h1-2,5-6,9,16-18H,3H2,(H,31,32,33). The van der Waals surface area contributed by atoms with E-state index in [0.717, 1.165) is 12.1 Å². The fraction of sp³-hybridized carbons (Fsp3) is 0.333. The highest BCUT2D eigenvalue weighted by Gasteiger charge is 2.72. The van der Waals surface area contributed by atoms with E-state index in [0.29, 0.717) is 0 Å². The third kappa shape index (κ3) is 4.59. The lowest BCUT2D eigenvalue weighted by Crippen LogP contribution is -2.46. The predicted molar refractivity (Wildman–Crippen MR) is 135 cm³/mol. The molecule has 2 aromatic rings. The largest absolute Gasteiger partial charge is 0.455 e. The monoisotopic (exact) mass is 836 g/mol. The summed E-state index contributed by atoms with van der Waals surface area (Å²) in [6.07, 6.45) is -3.11. The van der Waals surface area contributed by atoms with Crippen LogP contribution in [0.3, 0.4) is 0 Å². The molecule has 6 atom stereocenters. The zero-order valence-electron chi connectivity index (χ0n) is 18.9. The van der Waals surface area contributed by atoms with Crippen molar-refractivity contribution in [2.75, 3.05) is 0 Å². The van der Waals surface area contributed by atoms with Gasteiger partial charge in [0.25, 0.3) is 20.2 Å². The van der Waals surface area contributed by atoms with Crippen molar-refractivity contribution in [3.63, 3.8) is 0 Å². The first kappa shape index (κ1) is 29.8. The quantitative estimate of drug-likeness (QED) is 0.0695. The normalized spacial score (nSPS) is 28.1. The van der Waals surface area contributed by atoms with Gasteiger partial charge in [0, 0.05) is 19.0 Å². The number of ether oxygens (including phenoxy) is 2. The van der Waals surface area contributed by atoms with Gasteiger partial charge in [-0.05, 0) is 63.7 Å². The van der Waals surface area contributed by atoms with Crippen LogP contribution in [0.2, 0.25) is 0 Å². The Morgan fingerprint density at radius 1 is 0.950 bits per heavy atom. The van der Waals surface area contributed by atoms with Crippen molar-refractivity contribution in [3.8, 4) is 5.75 Å². The number of carbonyl (C=O) groups is 2. The first-order chi connectivity index (χ1) is 18.5. The van der Waals surface area contributed by atoms with Gasteiger partial charge in [-0.2, -0.15) is 16.8 Å². The van der Waals surface area contributed by atoms with Crippen LogP contribution in [0, 0.1) is 54.0 Å². The Bertz CT molecular complexity index is 1670. The molecule has 2 aliphatic carbocycles. The number of rotatable bonds is 5. The van der Waals surface area contributed by atoms with Gasteiger partial charge in [0.15, 0.2) is 23.3 Å². The van der Waals surface area contributed by atoms with Crippen LogP contribution in [0.1, 0.15) is 16.8 Å². The second-order valence-electron chi connectivity index (χ2n) is 9.03. The maximum absolute atomic E-state index is 14.2. The van der Waals surface area contributed by atoms with E-state index in [1.807, 2.05) is 0 Å². The zero-order valence-corrected chi connectivity index (χ0v) is 24.9. The van der Waals surface area contributed by atoms with Gasteiger partial charge in [0.2, 0.25) is 5.82 Å². The number of halogens is 7. The molecule has 0 amide bonds. The van der Waals surface area contributed by atoms with E-state index in [9.17, 15) is 52.9 Å². The summed E-state index contributed by atoms with van der Waals surface area (Å²) in [6, 6.07) is 2.17. The lowest BCUT2D eigenvalue weighted by atomic mass is 9.84. The molecule has 1 N–H and O–H groups in total. The van der Waals surface area contributed by atoms with Crippen LogP contribution in [0.25, 0.3) is 0 Å². The van der Waals surface area contributed by atoms with Crippen LogP contribution in [-0.4, -0.2) is 50.8 Å². The lowest BCUT2D eigenvalue weighted by molar-refractivity contribution is -0.143. The molecule has 3 fully saturated rings. The molecule has 216 valence electrons. The van der Waals surface area contributed by atoms with Gasteiger partial charge in [0.1, 0.15) is 33.7 Å². The maximum Gasteiger partial charge on any atom is 0.344 e. The summed E-state index contributed by atoms with van der Waals surface area (Å²) in [5, 5.41) is -1.45. The van der Waals surface area contributed by atoms with Crippen LogP contribution in [0.4, 0.5) is 22.0 Å². The molecule has 2 bridgehead atoms.